The van der Waals surface area contributed by atoms with Crippen molar-refractivity contribution in [1.29, 1.82) is 0 Å². The summed E-state index contributed by atoms with van der Waals surface area (Å²) < 4.78 is 16.6. The van der Waals surface area contributed by atoms with E-state index in [0.29, 0.717) is 18.1 Å². The molecule has 4 heteroatoms. The van der Waals surface area contributed by atoms with Gasteiger partial charge < -0.3 is 4.74 Å². The molecule has 1 aliphatic rings. The van der Waals surface area contributed by atoms with Crippen molar-refractivity contribution in [3.63, 3.8) is 0 Å². The molecule has 0 saturated heterocycles. The average molecular weight is 246 g/mol. The van der Waals surface area contributed by atoms with Crippen molar-refractivity contribution < 1.29 is 13.7 Å². The number of carbonyl (C=O) groups excluding carboxylic acids is 1. The lowest BCUT2D eigenvalue weighted by Gasteiger charge is -2.14. The van der Waals surface area contributed by atoms with Gasteiger partial charge in [-0.25, -0.2) is 0 Å². The number of ether oxygens (including phenoxy) is 1. The third kappa shape index (κ3) is 4.24. The van der Waals surface area contributed by atoms with E-state index in [1.807, 2.05) is 0 Å². The molecule has 0 bridgehead atoms. The molecule has 0 radical (unpaired) electrons. The smallest absolute Gasteiger partial charge is 0.306 e. The van der Waals surface area contributed by atoms with Crippen LogP contribution < -0.4 is 0 Å². The van der Waals surface area contributed by atoms with E-state index in [-0.39, 0.29) is 11.4 Å². The van der Waals surface area contributed by atoms with E-state index in [1.165, 1.54) is 7.11 Å². The summed E-state index contributed by atoms with van der Waals surface area (Å²) in [6.45, 7) is 4.24. The largest absolute Gasteiger partial charge is 0.469 e. The van der Waals surface area contributed by atoms with E-state index in [2.05, 4.69) is 18.6 Å². The zero-order valence-corrected chi connectivity index (χ0v) is 11.3. The lowest BCUT2D eigenvalue weighted by Crippen LogP contribution is -2.21. The van der Waals surface area contributed by atoms with E-state index in [4.69, 9.17) is 0 Å². The molecule has 0 aromatic rings. The second-order valence-electron chi connectivity index (χ2n) is 5.02. The minimum Gasteiger partial charge on any atom is -0.469 e. The topological polar surface area (TPSA) is 43.4 Å². The Morgan fingerprint density at radius 1 is 1.50 bits per heavy atom. The average Bonchev–Trinajstić information content (AvgIpc) is 2.96. The van der Waals surface area contributed by atoms with E-state index < -0.39 is 10.8 Å². The Labute approximate surface area is 100 Å². The fourth-order valence-corrected chi connectivity index (χ4v) is 3.82. The van der Waals surface area contributed by atoms with Gasteiger partial charge in [0.1, 0.15) is 0 Å². The molecule has 16 heavy (non-hydrogen) atoms. The van der Waals surface area contributed by atoms with E-state index in [9.17, 15) is 9.00 Å². The van der Waals surface area contributed by atoms with Crippen LogP contribution in [0.5, 0.6) is 0 Å². The third-order valence-electron chi connectivity index (χ3n) is 3.34. The van der Waals surface area contributed by atoms with Crippen molar-refractivity contribution in [2.24, 2.45) is 11.3 Å². The summed E-state index contributed by atoms with van der Waals surface area (Å²) in [4.78, 5) is 11.2. The highest BCUT2D eigenvalue weighted by Crippen LogP contribution is 2.49. The van der Waals surface area contributed by atoms with Gasteiger partial charge in [0.15, 0.2) is 0 Å². The number of hydrogen-bond acceptors (Lipinski definition) is 3. The van der Waals surface area contributed by atoms with Gasteiger partial charge in [0, 0.05) is 22.3 Å². The second kappa shape index (κ2) is 5.80. The van der Waals surface area contributed by atoms with Gasteiger partial charge in [-0.3, -0.25) is 9.00 Å². The first-order valence-corrected chi connectivity index (χ1v) is 7.42. The summed E-state index contributed by atoms with van der Waals surface area (Å²) >= 11 is 0. The quantitative estimate of drug-likeness (QED) is 0.646. The van der Waals surface area contributed by atoms with Crippen LogP contribution in [0.3, 0.4) is 0 Å². The maximum Gasteiger partial charge on any atom is 0.306 e. The van der Waals surface area contributed by atoms with E-state index in [0.717, 1.165) is 25.0 Å². The van der Waals surface area contributed by atoms with Crippen LogP contribution in [0.25, 0.3) is 0 Å². The first-order valence-electron chi connectivity index (χ1n) is 5.93. The lowest BCUT2D eigenvalue weighted by molar-refractivity contribution is -0.141. The summed E-state index contributed by atoms with van der Waals surface area (Å²) in [5.41, 5.74) is 0.00537. The standard InChI is InChI=1S/C12H22O3S/c1-4-10(2)8-16(14)9-12(5-6-12)7-11(13)15-3/h10H,4-9H2,1-3H3. The molecule has 1 fully saturated rings. The monoisotopic (exact) mass is 246 g/mol. The fourth-order valence-electron chi connectivity index (χ4n) is 1.76. The summed E-state index contributed by atoms with van der Waals surface area (Å²) in [6, 6.07) is 0. The van der Waals surface area contributed by atoms with Crippen LogP contribution in [0.1, 0.15) is 39.5 Å². The third-order valence-corrected chi connectivity index (χ3v) is 5.21. The highest BCUT2D eigenvalue weighted by molar-refractivity contribution is 7.85. The molecule has 0 aliphatic heterocycles. The molecule has 1 aliphatic carbocycles. The molecule has 2 atom stereocenters. The molecule has 1 rings (SSSR count). The van der Waals surface area contributed by atoms with Crippen LogP contribution >= 0.6 is 0 Å². The maximum absolute atomic E-state index is 11.9. The zero-order chi connectivity index (χ0) is 12.2. The molecule has 0 heterocycles. The molecule has 1 saturated carbocycles. The Hall–Kier alpha value is -0.380. The number of esters is 1. The number of carbonyl (C=O) groups is 1. The minimum atomic E-state index is -0.783. The van der Waals surface area contributed by atoms with Crippen LogP contribution in [0.4, 0.5) is 0 Å². The zero-order valence-electron chi connectivity index (χ0n) is 10.5. The van der Waals surface area contributed by atoms with Gasteiger partial charge in [0.25, 0.3) is 0 Å². The van der Waals surface area contributed by atoms with Gasteiger partial charge in [-0.1, -0.05) is 20.3 Å². The van der Waals surface area contributed by atoms with Crippen molar-refractivity contribution in [3.05, 3.63) is 0 Å². The van der Waals surface area contributed by atoms with E-state index in [1.54, 1.807) is 0 Å². The summed E-state index contributed by atoms with van der Waals surface area (Å²) in [5.74, 6) is 1.78. The number of methoxy groups -OCH3 is 1. The summed E-state index contributed by atoms with van der Waals surface area (Å²) in [5, 5.41) is 0. The van der Waals surface area contributed by atoms with E-state index >= 15 is 0 Å². The van der Waals surface area contributed by atoms with Gasteiger partial charge in [0.05, 0.1) is 13.5 Å². The lowest BCUT2D eigenvalue weighted by atomic mass is 10.1. The molecule has 2 unspecified atom stereocenters. The van der Waals surface area contributed by atoms with Crippen molar-refractivity contribution in [2.45, 2.75) is 39.5 Å². The second-order valence-corrected chi connectivity index (χ2v) is 6.52. The van der Waals surface area contributed by atoms with Crippen LogP contribution in [0, 0.1) is 11.3 Å². The van der Waals surface area contributed by atoms with Gasteiger partial charge in [-0.15, -0.1) is 0 Å². The van der Waals surface area contributed by atoms with Crippen LogP contribution in [-0.4, -0.2) is 28.8 Å². The van der Waals surface area contributed by atoms with Crippen LogP contribution in [0.2, 0.25) is 0 Å². The van der Waals surface area contributed by atoms with Crippen molar-refractivity contribution in [1.82, 2.24) is 0 Å². The molecular weight excluding hydrogens is 224 g/mol. The molecule has 94 valence electrons. The maximum atomic E-state index is 11.9. The molecule has 0 amide bonds. The molecule has 0 N–H and O–H groups in total. The van der Waals surface area contributed by atoms with Crippen molar-refractivity contribution in [3.8, 4) is 0 Å². The Morgan fingerprint density at radius 3 is 2.56 bits per heavy atom. The number of rotatable bonds is 7. The Bertz CT molecular complexity index is 271. The predicted octanol–water partition coefficient (Wildman–Crippen LogP) is 2.12. The number of hydrogen-bond donors (Lipinski definition) is 0. The van der Waals surface area contributed by atoms with Gasteiger partial charge in [-0.05, 0) is 24.2 Å². The Kier molecular flexibility index (Phi) is 4.96. The Morgan fingerprint density at radius 2 is 2.12 bits per heavy atom. The molecular formula is C12H22O3S. The highest BCUT2D eigenvalue weighted by Gasteiger charge is 2.45. The van der Waals surface area contributed by atoms with Crippen molar-refractivity contribution in [2.75, 3.05) is 18.6 Å². The first kappa shape index (κ1) is 13.7. The SMILES string of the molecule is CCC(C)CS(=O)CC1(CC(=O)OC)CC1. The summed E-state index contributed by atoms with van der Waals surface area (Å²) in [6.07, 6.45) is 3.55. The van der Waals surface area contributed by atoms with Gasteiger partial charge in [0.2, 0.25) is 0 Å². The molecule has 0 aromatic carbocycles. The fraction of sp³-hybridized carbons (Fsp3) is 0.917. The minimum absolute atomic E-state index is 0.00537. The van der Waals surface area contributed by atoms with Crippen LogP contribution in [0.15, 0.2) is 0 Å². The normalized spacial score (nSPS) is 21.2. The Balaban J connectivity index is 2.35. The van der Waals surface area contributed by atoms with Gasteiger partial charge in [-0.2, -0.15) is 0 Å². The first-order chi connectivity index (χ1) is 7.51. The molecule has 0 spiro atoms. The molecule has 3 nitrogen and oxygen atoms in total. The van der Waals surface area contributed by atoms with Crippen LogP contribution in [-0.2, 0) is 20.3 Å². The summed E-state index contributed by atoms with van der Waals surface area (Å²) in [7, 11) is 0.628. The molecule has 0 aromatic heterocycles. The van der Waals surface area contributed by atoms with Gasteiger partial charge >= 0.3 is 5.97 Å². The van der Waals surface area contributed by atoms with Crippen molar-refractivity contribution >= 4 is 16.8 Å². The highest BCUT2D eigenvalue weighted by atomic mass is 32.2. The predicted molar refractivity (Wildman–Crippen MR) is 65.6 cm³/mol.